The standard InChI is InChI=1S/C11H19ClN2O3Si/c1-8-9(12)10(15)13-11(16)14(8)7-17-5-6-18(2,3)4/h5-7H2,1-4H3,(H,13,15,16). The summed E-state index contributed by atoms with van der Waals surface area (Å²) in [5.74, 6) is 0. The quantitative estimate of drug-likeness (QED) is 0.664. The first-order valence-corrected chi connectivity index (χ1v) is 9.88. The van der Waals surface area contributed by atoms with Crippen LogP contribution in [-0.2, 0) is 11.5 Å². The van der Waals surface area contributed by atoms with E-state index in [0.29, 0.717) is 12.3 Å². The van der Waals surface area contributed by atoms with E-state index in [4.69, 9.17) is 16.3 Å². The smallest absolute Gasteiger partial charge is 0.330 e. The van der Waals surface area contributed by atoms with Crippen molar-refractivity contribution < 1.29 is 4.74 Å². The van der Waals surface area contributed by atoms with Gasteiger partial charge in [0, 0.05) is 20.4 Å². The van der Waals surface area contributed by atoms with Crippen LogP contribution in [0, 0.1) is 6.92 Å². The maximum absolute atomic E-state index is 11.6. The fourth-order valence-electron chi connectivity index (χ4n) is 1.34. The highest BCUT2D eigenvalue weighted by atomic mass is 35.5. The molecular weight excluding hydrogens is 272 g/mol. The summed E-state index contributed by atoms with van der Waals surface area (Å²) in [6.07, 6.45) is 0. The number of hydrogen-bond donors (Lipinski definition) is 1. The molecule has 5 nitrogen and oxygen atoms in total. The third-order valence-corrected chi connectivity index (χ3v) is 4.75. The number of aromatic amines is 1. The highest BCUT2D eigenvalue weighted by Crippen LogP contribution is 2.09. The van der Waals surface area contributed by atoms with Gasteiger partial charge < -0.3 is 4.74 Å². The lowest BCUT2D eigenvalue weighted by molar-refractivity contribution is 0.0822. The molecule has 0 saturated heterocycles. The molecule has 0 radical (unpaired) electrons. The number of ether oxygens (including phenoxy) is 1. The summed E-state index contributed by atoms with van der Waals surface area (Å²) >= 11 is 5.79. The largest absolute Gasteiger partial charge is 0.361 e. The van der Waals surface area contributed by atoms with Gasteiger partial charge in [-0.05, 0) is 13.0 Å². The minimum Gasteiger partial charge on any atom is -0.361 e. The van der Waals surface area contributed by atoms with E-state index in [0.717, 1.165) is 6.04 Å². The molecule has 0 amide bonds. The van der Waals surface area contributed by atoms with Crippen LogP contribution in [0.2, 0.25) is 30.7 Å². The van der Waals surface area contributed by atoms with Crippen molar-refractivity contribution >= 4 is 19.7 Å². The van der Waals surface area contributed by atoms with Crippen LogP contribution in [-0.4, -0.2) is 24.2 Å². The Bertz CT molecular complexity index is 531. The average molecular weight is 291 g/mol. The summed E-state index contributed by atoms with van der Waals surface area (Å²) in [6, 6.07) is 1.03. The van der Waals surface area contributed by atoms with E-state index in [9.17, 15) is 9.59 Å². The Morgan fingerprint density at radius 1 is 1.33 bits per heavy atom. The Kier molecular flexibility index (Phi) is 4.95. The SMILES string of the molecule is Cc1c(Cl)c(=O)[nH]c(=O)n1COCC[Si](C)(C)C. The van der Waals surface area contributed by atoms with Gasteiger partial charge >= 0.3 is 5.69 Å². The zero-order valence-corrected chi connectivity index (χ0v) is 12.9. The van der Waals surface area contributed by atoms with Crippen molar-refractivity contribution in [2.24, 2.45) is 0 Å². The molecule has 0 aliphatic rings. The maximum Gasteiger partial charge on any atom is 0.330 e. The molecule has 0 fully saturated rings. The van der Waals surface area contributed by atoms with E-state index in [1.54, 1.807) is 6.92 Å². The van der Waals surface area contributed by atoms with Gasteiger partial charge in [-0.3, -0.25) is 14.3 Å². The van der Waals surface area contributed by atoms with E-state index < -0.39 is 19.3 Å². The molecule has 0 aromatic carbocycles. The first-order chi connectivity index (χ1) is 8.22. The van der Waals surface area contributed by atoms with Crippen LogP contribution < -0.4 is 11.2 Å². The van der Waals surface area contributed by atoms with Crippen molar-refractivity contribution in [2.75, 3.05) is 6.61 Å². The van der Waals surface area contributed by atoms with E-state index in [1.807, 2.05) is 0 Å². The molecule has 1 heterocycles. The predicted molar refractivity (Wildman–Crippen MR) is 75.2 cm³/mol. The lowest BCUT2D eigenvalue weighted by Gasteiger charge is -2.16. The topological polar surface area (TPSA) is 64.1 Å². The maximum atomic E-state index is 11.6. The molecule has 102 valence electrons. The molecule has 0 saturated carbocycles. The molecule has 1 N–H and O–H groups in total. The zero-order valence-electron chi connectivity index (χ0n) is 11.2. The lowest BCUT2D eigenvalue weighted by Crippen LogP contribution is -2.33. The van der Waals surface area contributed by atoms with E-state index in [2.05, 4.69) is 24.6 Å². The van der Waals surface area contributed by atoms with Crippen molar-refractivity contribution in [3.63, 3.8) is 0 Å². The van der Waals surface area contributed by atoms with E-state index in [-0.39, 0.29) is 11.8 Å². The summed E-state index contributed by atoms with van der Waals surface area (Å²) in [7, 11) is -1.14. The van der Waals surface area contributed by atoms with Crippen LogP contribution in [0.3, 0.4) is 0 Å². The minimum atomic E-state index is -1.14. The number of nitrogens with one attached hydrogen (secondary N) is 1. The fourth-order valence-corrected chi connectivity index (χ4v) is 2.25. The second-order valence-electron chi connectivity index (χ2n) is 5.43. The van der Waals surface area contributed by atoms with Gasteiger partial charge in [-0.1, -0.05) is 31.2 Å². The summed E-state index contributed by atoms with van der Waals surface area (Å²) in [6.45, 7) is 9.12. The molecule has 1 rings (SSSR count). The van der Waals surface area contributed by atoms with Gasteiger partial charge in [0.25, 0.3) is 5.56 Å². The first kappa shape index (κ1) is 15.2. The number of nitrogens with zero attached hydrogens (tertiary/aromatic N) is 1. The highest BCUT2D eigenvalue weighted by Gasteiger charge is 2.13. The van der Waals surface area contributed by atoms with Crippen LogP contribution in [0.25, 0.3) is 0 Å². The van der Waals surface area contributed by atoms with Gasteiger partial charge in [-0.25, -0.2) is 4.79 Å². The zero-order chi connectivity index (χ0) is 13.9. The molecular formula is C11H19ClN2O3Si. The second kappa shape index (κ2) is 5.86. The Morgan fingerprint density at radius 2 is 1.94 bits per heavy atom. The number of aromatic nitrogens is 2. The highest BCUT2D eigenvalue weighted by molar-refractivity contribution is 6.76. The van der Waals surface area contributed by atoms with Crippen LogP contribution in [0.1, 0.15) is 5.69 Å². The summed E-state index contributed by atoms with van der Waals surface area (Å²) < 4.78 is 6.80. The number of hydrogen-bond acceptors (Lipinski definition) is 3. The molecule has 0 unspecified atom stereocenters. The molecule has 1 aromatic rings. The van der Waals surface area contributed by atoms with Crippen molar-refractivity contribution in [1.29, 1.82) is 0 Å². The van der Waals surface area contributed by atoms with Crippen LogP contribution in [0.5, 0.6) is 0 Å². The molecule has 0 atom stereocenters. The Labute approximate surface area is 112 Å². The summed E-state index contributed by atoms with van der Waals surface area (Å²) in [5.41, 5.74) is -0.620. The predicted octanol–water partition coefficient (Wildman–Crippen LogP) is 1.81. The molecule has 7 heteroatoms. The minimum absolute atomic E-state index is 0.0309. The molecule has 1 aromatic heterocycles. The lowest BCUT2D eigenvalue weighted by atomic mass is 10.4. The van der Waals surface area contributed by atoms with Crippen LogP contribution in [0.15, 0.2) is 9.59 Å². The normalized spacial score (nSPS) is 11.8. The van der Waals surface area contributed by atoms with E-state index in [1.165, 1.54) is 4.57 Å². The Hall–Kier alpha value is -0.853. The van der Waals surface area contributed by atoms with Gasteiger partial charge in [0.1, 0.15) is 11.8 Å². The molecule has 0 aliphatic carbocycles. The monoisotopic (exact) mass is 290 g/mol. The Morgan fingerprint density at radius 3 is 2.50 bits per heavy atom. The fraction of sp³-hybridized carbons (Fsp3) is 0.636. The van der Waals surface area contributed by atoms with Crippen molar-refractivity contribution in [3.8, 4) is 0 Å². The van der Waals surface area contributed by atoms with Crippen LogP contribution >= 0.6 is 11.6 Å². The van der Waals surface area contributed by atoms with Crippen LogP contribution in [0.4, 0.5) is 0 Å². The average Bonchev–Trinajstić information content (AvgIpc) is 2.23. The van der Waals surface area contributed by atoms with Crippen molar-refractivity contribution in [1.82, 2.24) is 9.55 Å². The molecule has 0 bridgehead atoms. The van der Waals surface area contributed by atoms with Gasteiger partial charge in [-0.2, -0.15) is 0 Å². The number of rotatable bonds is 5. The summed E-state index contributed by atoms with van der Waals surface area (Å²) in [5, 5.41) is 0.0309. The van der Waals surface area contributed by atoms with Gasteiger partial charge in [0.05, 0.1) is 0 Å². The first-order valence-electron chi connectivity index (χ1n) is 5.79. The van der Waals surface area contributed by atoms with Crippen molar-refractivity contribution in [3.05, 3.63) is 31.6 Å². The third kappa shape index (κ3) is 4.11. The van der Waals surface area contributed by atoms with Crippen molar-refractivity contribution in [2.45, 2.75) is 39.3 Å². The number of H-pyrrole nitrogens is 1. The Balaban J connectivity index is 2.72. The summed E-state index contributed by atoms with van der Waals surface area (Å²) in [4.78, 5) is 25.0. The third-order valence-electron chi connectivity index (χ3n) is 2.60. The molecule has 0 spiro atoms. The molecule has 0 aliphatic heterocycles. The molecule has 18 heavy (non-hydrogen) atoms. The van der Waals surface area contributed by atoms with Gasteiger partial charge in [0.15, 0.2) is 0 Å². The number of halogens is 1. The van der Waals surface area contributed by atoms with Gasteiger partial charge in [-0.15, -0.1) is 0 Å². The van der Waals surface area contributed by atoms with E-state index >= 15 is 0 Å². The van der Waals surface area contributed by atoms with Gasteiger partial charge in [0.2, 0.25) is 0 Å². The second-order valence-corrected chi connectivity index (χ2v) is 11.4.